The Labute approximate surface area is 149 Å². The molecule has 6 nitrogen and oxygen atoms in total. The maximum atomic E-state index is 12.4. The van der Waals surface area contributed by atoms with Crippen molar-refractivity contribution in [3.05, 3.63) is 77.3 Å². The topological polar surface area (TPSA) is 78.9 Å². The Morgan fingerprint density at radius 3 is 2.32 bits per heavy atom. The number of imidazole rings is 1. The van der Waals surface area contributed by atoms with Crippen LogP contribution < -0.4 is 10.6 Å². The highest BCUT2D eigenvalue weighted by molar-refractivity contribution is 7.71. The van der Waals surface area contributed by atoms with Crippen molar-refractivity contribution in [1.29, 1.82) is 0 Å². The van der Waals surface area contributed by atoms with E-state index in [0.29, 0.717) is 16.2 Å². The number of rotatable bonds is 5. The SMILES string of the molecule is O=C(CNC(=O)c1c[nH]c(=S)n1-c1ccccc1)Nc1ccccc1. The van der Waals surface area contributed by atoms with Crippen LogP contribution in [0.5, 0.6) is 0 Å². The van der Waals surface area contributed by atoms with Crippen molar-refractivity contribution < 1.29 is 9.59 Å². The lowest BCUT2D eigenvalue weighted by atomic mass is 10.3. The van der Waals surface area contributed by atoms with Crippen molar-refractivity contribution in [2.45, 2.75) is 0 Å². The van der Waals surface area contributed by atoms with E-state index >= 15 is 0 Å². The second-order valence-electron chi connectivity index (χ2n) is 5.25. The fourth-order valence-corrected chi connectivity index (χ4v) is 2.61. The highest BCUT2D eigenvalue weighted by Crippen LogP contribution is 2.12. The van der Waals surface area contributed by atoms with Crippen LogP contribution in [0.3, 0.4) is 0 Å². The normalized spacial score (nSPS) is 10.2. The Morgan fingerprint density at radius 1 is 1.00 bits per heavy atom. The van der Waals surface area contributed by atoms with Crippen molar-refractivity contribution >= 4 is 29.7 Å². The van der Waals surface area contributed by atoms with E-state index in [-0.39, 0.29) is 18.4 Å². The molecule has 7 heteroatoms. The van der Waals surface area contributed by atoms with Crippen LogP contribution >= 0.6 is 12.2 Å². The quantitative estimate of drug-likeness (QED) is 0.618. The summed E-state index contributed by atoms with van der Waals surface area (Å²) in [6, 6.07) is 18.4. The lowest BCUT2D eigenvalue weighted by molar-refractivity contribution is -0.115. The summed E-state index contributed by atoms with van der Waals surface area (Å²) in [5.74, 6) is -0.695. The molecule has 0 spiro atoms. The average Bonchev–Trinajstić information content (AvgIpc) is 3.03. The molecule has 126 valence electrons. The number of hydrogen-bond acceptors (Lipinski definition) is 3. The van der Waals surface area contributed by atoms with Crippen LogP contribution in [0.15, 0.2) is 66.9 Å². The molecule has 0 saturated heterocycles. The fourth-order valence-electron chi connectivity index (χ4n) is 2.35. The first-order valence-corrected chi connectivity index (χ1v) is 8.05. The van der Waals surface area contributed by atoms with Gasteiger partial charge in [-0.3, -0.25) is 14.2 Å². The van der Waals surface area contributed by atoms with Gasteiger partial charge in [-0.1, -0.05) is 36.4 Å². The number of amides is 2. The maximum absolute atomic E-state index is 12.4. The number of aromatic amines is 1. The monoisotopic (exact) mass is 352 g/mol. The zero-order valence-electron chi connectivity index (χ0n) is 13.2. The second-order valence-corrected chi connectivity index (χ2v) is 5.63. The fraction of sp³-hybridized carbons (Fsp3) is 0.0556. The van der Waals surface area contributed by atoms with E-state index in [4.69, 9.17) is 12.2 Å². The number of aromatic nitrogens is 2. The summed E-state index contributed by atoms with van der Waals surface area (Å²) in [6.45, 7) is -0.138. The Kier molecular flexibility index (Phi) is 5.06. The lowest BCUT2D eigenvalue weighted by Gasteiger charge is -2.09. The van der Waals surface area contributed by atoms with Crippen molar-refractivity contribution in [2.24, 2.45) is 0 Å². The molecule has 1 aromatic heterocycles. The summed E-state index contributed by atoms with van der Waals surface area (Å²) in [7, 11) is 0. The molecule has 0 aliphatic carbocycles. The molecule has 2 amide bonds. The molecule has 0 radical (unpaired) electrons. The van der Waals surface area contributed by atoms with Gasteiger partial charge < -0.3 is 15.6 Å². The molecule has 0 fully saturated rings. The molecule has 0 saturated carbocycles. The van der Waals surface area contributed by atoms with Crippen molar-refractivity contribution in [2.75, 3.05) is 11.9 Å². The first kappa shape index (κ1) is 16.7. The van der Waals surface area contributed by atoms with Gasteiger partial charge in [-0.15, -0.1) is 0 Å². The van der Waals surface area contributed by atoms with Gasteiger partial charge >= 0.3 is 0 Å². The second kappa shape index (κ2) is 7.59. The van der Waals surface area contributed by atoms with Gasteiger partial charge in [0.2, 0.25) is 5.91 Å². The first-order valence-electron chi connectivity index (χ1n) is 7.64. The molecule has 3 aromatic rings. The Hall–Kier alpha value is -3.19. The predicted molar refractivity (Wildman–Crippen MR) is 98.4 cm³/mol. The largest absolute Gasteiger partial charge is 0.342 e. The number of nitrogens with one attached hydrogen (secondary N) is 3. The van der Waals surface area contributed by atoms with Gasteiger partial charge in [0, 0.05) is 17.6 Å². The van der Waals surface area contributed by atoms with E-state index in [0.717, 1.165) is 5.69 Å². The van der Waals surface area contributed by atoms with E-state index in [1.807, 2.05) is 48.5 Å². The van der Waals surface area contributed by atoms with Gasteiger partial charge in [0.15, 0.2) is 4.77 Å². The van der Waals surface area contributed by atoms with Crippen molar-refractivity contribution in [1.82, 2.24) is 14.9 Å². The lowest BCUT2D eigenvalue weighted by Crippen LogP contribution is -2.33. The first-order chi connectivity index (χ1) is 12.1. The molecule has 0 bridgehead atoms. The van der Waals surface area contributed by atoms with E-state index in [1.165, 1.54) is 6.20 Å². The zero-order chi connectivity index (χ0) is 17.6. The Balaban J connectivity index is 1.68. The number of carbonyl (C=O) groups is 2. The van der Waals surface area contributed by atoms with Crippen LogP contribution in [0.2, 0.25) is 0 Å². The summed E-state index contributed by atoms with van der Waals surface area (Å²) in [5, 5.41) is 5.32. The maximum Gasteiger partial charge on any atom is 0.270 e. The smallest absolute Gasteiger partial charge is 0.270 e. The van der Waals surface area contributed by atoms with Gasteiger partial charge in [0.05, 0.1) is 6.54 Å². The highest BCUT2D eigenvalue weighted by Gasteiger charge is 2.15. The molecular formula is C18H16N4O2S. The van der Waals surface area contributed by atoms with Gasteiger partial charge in [0.25, 0.3) is 5.91 Å². The molecule has 0 aliphatic heterocycles. The number of hydrogen-bond donors (Lipinski definition) is 3. The third-order valence-corrected chi connectivity index (χ3v) is 3.79. The summed E-state index contributed by atoms with van der Waals surface area (Å²) < 4.78 is 2.03. The number of anilines is 1. The molecule has 3 N–H and O–H groups in total. The minimum atomic E-state index is -0.389. The van der Waals surface area contributed by atoms with Crippen molar-refractivity contribution in [3.8, 4) is 5.69 Å². The number of benzene rings is 2. The molecule has 3 rings (SSSR count). The predicted octanol–water partition coefficient (Wildman–Crippen LogP) is 2.90. The van der Waals surface area contributed by atoms with Gasteiger partial charge in [-0.2, -0.15) is 0 Å². The van der Waals surface area contributed by atoms with Crippen molar-refractivity contribution in [3.63, 3.8) is 0 Å². The third-order valence-electron chi connectivity index (χ3n) is 3.49. The molecule has 2 aromatic carbocycles. The highest BCUT2D eigenvalue weighted by atomic mass is 32.1. The number of carbonyl (C=O) groups excluding carboxylic acids is 2. The molecule has 0 aliphatic rings. The van der Waals surface area contributed by atoms with Crippen LogP contribution in [-0.4, -0.2) is 27.9 Å². The van der Waals surface area contributed by atoms with Gasteiger partial charge in [-0.05, 0) is 36.5 Å². The summed E-state index contributed by atoms with van der Waals surface area (Å²) in [4.78, 5) is 27.2. The van der Waals surface area contributed by atoms with Gasteiger partial charge in [0.1, 0.15) is 5.69 Å². The molecule has 1 heterocycles. The van der Waals surface area contributed by atoms with Crippen LogP contribution in [0.4, 0.5) is 5.69 Å². The third kappa shape index (κ3) is 4.02. The van der Waals surface area contributed by atoms with E-state index in [1.54, 1.807) is 16.7 Å². The minimum absolute atomic E-state index is 0.138. The summed E-state index contributed by atoms with van der Waals surface area (Å²) in [6.07, 6.45) is 1.53. The van der Waals surface area contributed by atoms with Crippen LogP contribution in [0, 0.1) is 4.77 Å². The molecule has 25 heavy (non-hydrogen) atoms. The molecule has 0 atom stereocenters. The summed E-state index contributed by atoms with van der Waals surface area (Å²) >= 11 is 5.24. The van der Waals surface area contributed by atoms with E-state index < -0.39 is 0 Å². The molecule has 0 unspecified atom stereocenters. The standard InChI is InChI=1S/C18H16N4O2S/c23-16(21-13-7-3-1-4-8-13)12-19-17(24)15-11-20-18(25)22(15)14-9-5-2-6-10-14/h1-11H,12H2,(H,19,24)(H,20,25)(H,21,23). The Bertz CT molecular complexity index is 932. The van der Waals surface area contributed by atoms with Crippen LogP contribution in [0.25, 0.3) is 5.69 Å². The minimum Gasteiger partial charge on any atom is -0.342 e. The number of H-pyrrole nitrogens is 1. The zero-order valence-corrected chi connectivity index (χ0v) is 14.0. The summed E-state index contributed by atoms with van der Waals surface area (Å²) in [5.41, 5.74) is 1.78. The average molecular weight is 352 g/mol. The van der Waals surface area contributed by atoms with E-state index in [9.17, 15) is 9.59 Å². The number of para-hydroxylation sites is 2. The van der Waals surface area contributed by atoms with Crippen LogP contribution in [0.1, 0.15) is 10.5 Å². The van der Waals surface area contributed by atoms with Crippen LogP contribution in [-0.2, 0) is 4.79 Å². The molecular weight excluding hydrogens is 336 g/mol. The van der Waals surface area contributed by atoms with Gasteiger partial charge in [-0.25, -0.2) is 0 Å². The number of nitrogens with zero attached hydrogens (tertiary/aromatic N) is 1. The van der Waals surface area contributed by atoms with E-state index in [2.05, 4.69) is 15.6 Å². The Morgan fingerprint density at radius 2 is 1.64 bits per heavy atom.